The Morgan fingerprint density at radius 3 is 2.63 bits per heavy atom. The number of hydrogen-bond acceptors (Lipinski definition) is 4. The molecule has 1 aliphatic heterocycles. The minimum absolute atomic E-state index is 0.201. The van der Waals surface area contributed by atoms with E-state index in [0.29, 0.717) is 18.0 Å². The zero-order chi connectivity index (χ0) is 14.0. The van der Waals surface area contributed by atoms with Crippen LogP contribution in [0.2, 0.25) is 0 Å². The molecule has 6 heteroatoms. The summed E-state index contributed by atoms with van der Waals surface area (Å²) in [6.45, 7) is 0.328. The number of nitrogens with zero attached hydrogens (tertiary/aromatic N) is 3. The maximum atomic E-state index is 11.8. The molecule has 2 rings (SSSR count). The number of nitriles is 1. The van der Waals surface area contributed by atoms with Crippen LogP contribution in [-0.2, 0) is 0 Å². The fraction of sp³-hybridized carbons (Fsp3) is 0.385. The van der Waals surface area contributed by atoms with E-state index in [0.717, 1.165) is 10.5 Å². The molecule has 1 saturated heterocycles. The van der Waals surface area contributed by atoms with Crippen molar-refractivity contribution in [2.24, 2.45) is 0 Å². The Kier molecular flexibility index (Phi) is 3.47. The standard InChI is InChI=1S/C13H15N3O3/c1-15-11(7-16(8-14)13(15)17)10-5-4-9(18-2)6-12(10)19-3/h4-6,11H,7H2,1-3H3. The minimum atomic E-state index is -0.301. The Balaban J connectivity index is 2.37. The topological polar surface area (TPSA) is 65.8 Å². The molecule has 0 N–H and O–H groups in total. The predicted octanol–water partition coefficient (Wildman–Crippen LogP) is 1.59. The average molecular weight is 261 g/mol. The van der Waals surface area contributed by atoms with E-state index in [2.05, 4.69) is 0 Å². The van der Waals surface area contributed by atoms with E-state index >= 15 is 0 Å². The molecule has 1 unspecified atom stereocenters. The third-order valence-electron chi connectivity index (χ3n) is 3.28. The van der Waals surface area contributed by atoms with Crippen LogP contribution in [0.1, 0.15) is 11.6 Å². The zero-order valence-electron chi connectivity index (χ0n) is 11.1. The molecule has 1 aliphatic rings. The Bertz CT molecular complexity index is 538. The lowest BCUT2D eigenvalue weighted by molar-refractivity contribution is 0.205. The number of carbonyl (C=O) groups excluding carboxylic acids is 1. The molecule has 1 heterocycles. The summed E-state index contributed by atoms with van der Waals surface area (Å²) in [6, 6.07) is 4.93. The maximum Gasteiger partial charge on any atom is 0.333 e. The summed E-state index contributed by atoms with van der Waals surface area (Å²) >= 11 is 0. The van der Waals surface area contributed by atoms with E-state index in [4.69, 9.17) is 14.7 Å². The highest BCUT2D eigenvalue weighted by Gasteiger charge is 2.37. The van der Waals surface area contributed by atoms with Crippen molar-refractivity contribution in [3.63, 3.8) is 0 Å². The number of rotatable bonds is 3. The number of hydrogen-bond donors (Lipinski definition) is 0. The number of carbonyl (C=O) groups is 1. The highest BCUT2D eigenvalue weighted by atomic mass is 16.5. The number of amides is 2. The van der Waals surface area contributed by atoms with Gasteiger partial charge in [0, 0.05) is 18.7 Å². The van der Waals surface area contributed by atoms with Crippen LogP contribution < -0.4 is 9.47 Å². The van der Waals surface area contributed by atoms with Crippen LogP contribution in [-0.4, -0.2) is 43.6 Å². The van der Waals surface area contributed by atoms with Gasteiger partial charge >= 0.3 is 6.03 Å². The lowest BCUT2D eigenvalue weighted by Crippen LogP contribution is -2.26. The molecular formula is C13H15N3O3. The molecule has 0 saturated carbocycles. The number of methoxy groups -OCH3 is 2. The molecule has 100 valence electrons. The van der Waals surface area contributed by atoms with Gasteiger partial charge in [0.05, 0.1) is 26.8 Å². The molecule has 1 fully saturated rings. The Labute approximate surface area is 111 Å². The van der Waals surface area contributed by atoms with E-state index in [9.17, 15) is 4.79 Å². The van der Waals surface area contributed by atoms with E-state index in [-0.39, 0.29) is 12.1 Å². The predicted molar refractivity (Wildman–Crippen MR) is 67.8 cm³/mol. The van der Waals surface area contributed by atoms with Gasteiger partial charge in [-0.2, -0.15) is 5.26 Å². The summed E-state index contributed by atoms with van der Waals surface area (Å²) in [7, 11) is 4.82. The number of benzene rings is 1. The van der Waals surface area contributed by atoms with Crippen molar-refractivity contribution in [3.05, 3.63) is 23.8 Å². The second-order valence-electron chi connectivity index (χ2n) is 4.23. The number of likely N-dealkylation sites (N-methyl/N-ethyl adjacent to an activating group) is 1. The van der Waals surface area contributed by atoms with Crippen molar-refractivity contribution in [1.82, 2.24) is 9.80 Å². The fourth-order valence-corrected chi connectivity index (χ4v) is 2.18. The van der Waals surface area contributed by atoms with E-state index in [1.165, 1.54) is 4.90 Å². The summed E-state index contributed by atoms with van der Waals surface area (Å²) in [6.07, 6.45) is 1.88. The zero-order valence-corrected chi connectivity index (χ0v) is 11.1. The van der Waals surface area contributed by atoms with Crippen molar-refractivity contribution < 1.29 is 14.3 Å². The fourth-order valence-electron chi connectivity index (χ4n) is 2.18. The molecule has 0 bridgehead atoms. The first-order valence-electron chi connectivity index (χ1n) is 5.78. The van der Waals surface area contributed by atoms with Gasteiger partial charge in [0.2, 0.25) is 0 Å². The van der Waals surface area contributed by atoms with Crippen molar-refractivity contribution in [2.45, 2.75) is 6.04 Å². The van der Waals surface area contributed by atoms with Gasteiger partial charge in [-0.15, -0.1) is 0 Å². The quantitative estimate of drug-likeness (QED) is 0.775. The van der Waals surface area contributed by atoms with Crippen LogP contribution in [0.4, 0.5) is 4.79 Å². The average Bonchev–Trinajstić information content (AvgIpc) is 2.74. The molecule has 0 aromatic heterocycles. The van der Waals surface area contributed by atoms with Crippen LogP contribution in [0.3, 0.4) is 0 Å². The summed E-state index contributed by atoms with van der Waals surface area (Å²) in [5.74, 6) is 1.33. The summed E-state index contributed by atoms with van der Waals surface area (Å²) < 4.78 is 10.5. The minimum Gasteiger partial charge on any atom is -0.497 e. The maximum absolute atomic E-state index is 11.8. The largest absolute Gasteiger partial charge is 0.497 e. The molecule has 0 aliphatic carbocycles. The SMILES string of the molecule is COc1ccc(C2CN(C#N)C(=O)N2C)c(OC)c1. The first-order chi connectivity index (χ1) is 9.12. The van der Waals surface area contributed by atoms with Gasteiger partial charge < -0.3 is 14.4 Å². The van der Waals surface area contributed by atoms with Gasteiger partial charge in [0.15, 0.2) is 6.19 Å². The van der Waals surface area contributed by atoms with Crippen molar-refractivity contribution in [2.75, 3.05) is 27.8 Å². The van der Waals surface area contributed by atoms with E-state index in [1.54, 1.807) is 27.3 Å². The van der Waals surface area contributed by atoms with Crippen LogP contribution in [0, 0.1) is 11.5 Å². The van der Waals surface area contributed by atoms with Crippen LogP contribution in [0.5, 0.6) is 11.5 Å². The van der Waals surface area contributed by atoms with Gasteiger partial charge in [0.1, 0.15) is 11.5 Å². The molecular weight excluding hydrogens is 246 g/mol. The molecule has 2 amide bonds. The highest BCUT2D eigenvalue weighted by molar-refractivity contribution is 5.79. The first kappa shape index (κ1) is 13.0. The summed E-state index contributed by atoms with van der Waals surface area (Å²) in [4.78, 5) is 14.5. The summed E-state index contributed by atoms with van der Waals surface area (Å²) in [5, 5.41) is 8.90. The van der Waals surface area contributed by atoms with Crippen LogP contribution >= 0.6 is 0 Å². The van der Waals surface area contributed by atoms with Crippen LogP contribution in [0.25, 0.3) is 0 Å². The van der Waals surface area contributed by atoms with Crippen molar-refractivity contribution in [1.29, 1.82) is 5.26 Å². The second-order valence-corrected chi connectivity index (χ2v) is 4.23. The third-order valence-corrected chi connectivity index (χ3v) is 3.28. The van der Waals surface area contributed by atoms with Gasteiger partial charge in [-0.05, 0) is 12.1 Å². The van der Waals surface area contributed by atoms with E-state index in [1.807, 2.05) is 18.3 Å². The highest BCUT2D eigenvalue weighted by Crippen LogP contribution is 2.35. The molecule has 19 heavy (non-hydrogen) atoms. The smallest absolute Gasteiger partial charge is 0.333 e. The normalized spacial score (nSPS) is 18.4. The summed E-state index contributed by atoms with van der Waals surface area (Å²) in [5.41, 5.74) is 0.858. The van der Waals surface area contributed by atoms with E-state index < -0.39 is 0 Å². The van der Waals surface area contributed by atoms with Crippen molar-refractivity contribution in [3.8, 4) is 17.7 Å². The van der Waals surface area contributed by atoms with Gasteiger partial charge in [-0.1, -0.05) is 0 Å². The first-order valence-corrected chi connectivity index (χ1v) is 5.78. The lowest BCUT2D eigenvalue weighted by Gasteiger charge is -2.20. The monoisotopic (exact) mass is 261 g/mol. The molecule has 1 aromatic rings. The molecule has 1 atom stereocenters. The lowest BCUT2D eigenvalue weighted by atomic mass is 10.1. The molecule has 1 aromatic carbocycles. The van der Waals surface area contributed by atoms with Gasteiger partial charge in [-0.25, -0.2) is 9.69 Å². The van der Waals surface area contributed by atoms with Gasteiger partial charge in [-0.3, -0.25) is 0 Å². The van der Waals surface area contributed by atoms with Gasteiger partial charge in [0.25, 0.3) is 0 Å². The molecule has 6 nitrogen and oxygen atoms in total. The van der Waals surface area contributed by atoms with Crippen LogP contribution in [0.15, 0.2) is 18.2 Å². The van der Waals surface area contributed by atoms with Crippen molar-refractivity contribution >= 4 is 6.03 Å². The molecule has 0 spiro atoms. The third kappa shape index (κ3) is 2.15. The second kappa shape index (κ2) is 5.06. The Morgan fingerprint density at radius 2 is 2.11 bits per heavy atom. The number of urea groups is 1. The molecule has 0 radical (unpaired) electrons. The number of ether oxygens (including phenoxy) is 2. The Hall–Kier alpha value is -2.42. The Morgan fingerprint density at radius 1 is 1.37 bits per heavy atom.